The van der Waals surface area contributed by atoms with Crippen molar-refractivity contribution >= 4 is 19.7 Å². The van der Waals surface area contributed by atoms with Crippen molar-refractivity contribution in [1.29, 1.82) is 0 Å². The van der Waals surface area contributed by atoms with Crippen LogP contribution in [-0.2, 0) is 27.9 Å². The summed E-state index contributed by atoms with van der Waals surface area (Å²) in [6.07, 6.45) is 66.3. The lowest BCUT2D eigenvalue weighted by Crippen LogP contribution is -2.47. The van der Waals surface area contributed by atoms with Gasteiger partial charge < -0.3 is 28.5 Å². The number of nitrogens with zero attached hydrogens (tertiary/aromatic N) is 1. The molecule has 3 unspecified atom stereocenters. The number of hydrogen-bond acceptors (Lipinski definition) is 7. The summed E-state index contributed by atoms with van der Waals surface area (Å²) in [5, 5.41) is 3.01. The Kier molecular flexibility index (Phi) is 51.5. The van der Waals surface area contributed by atoms with E-state index in [0.717, 1.165) is 64.2 Å². The predicted octanol–water partition coefficient (Wildman–Crippen LogP) is 18.0. The SMILES string of the molecule is CCCCC/C=C\C/C=C\CCCCCCCCCCCCCC(=O)NC(COP(=O)([O-])OCC[N+](C)(C)C)C(/C=C\CCCCCCCCCCCCC)OC(=O)CC/C=C/C/C=C\CCCCCCCC. The summed E-state index contributed by atoms with van der Waals surface area (Å²) in [5.74, 6) is -0.617. The fraction of sp³-hybridized carbons (Fsp3) is 0.810. The Hall–Kier alpha value is -2.29. The summed E-state index contributed by atoms with van der Waals surface area (Å²) in [4.78, 5) is 39.9. The summed E-state index contributed by atoms with van der Waals surface area (Å²) in [7, 11) is 1.16. The van der Waals surface area contributed by atoms with Crippen LogP contribution in [0.5, 0.6) is 0 Å². The van der Waals surface area contributed by atoms with Crippen molar-refractivity contribution in [3.05, 3.63) is 60.8 Å². The maximum Gasteiger partial charge on any atom is 0.306 e. The molecule has 3 atom stereocenters. The first-order chi connectivity index (χ1) is 35.4. The third-order valence-corrected chi connectivity index (χ3v) is 14.4. The van der Waals surface area contributed by atoms with Gasteiger partial charge in [0.1, 0.15) is 19.3 Å². The Balaban J connectivity index is 5.29. The molecule has 0 aromatic rings. The number of phosphoric ester groups is 1. The number of ether oxygens (including phenoxy) is 1. The van der Waals surface area contributed by atoms with Crippen molar-refractivity contribution in [3.63, 3.8) is 0 Å². The second kappa shape index (κ2) is 53.1. The molecule has 0 rings (SSSR count). The van der Waals surface area contributed by atoms with E-state index >= 15 is 0 Å². The lowest BCUT2D eigenvalue weighted by molar-refractivity contribution is -0.870. The Bertz CT molecular complexity index is 1440. The molecule has 0 radical (unpaired) electrons. The lowest BCUT2D eigenvalue weighted by Gasteiger charge is -2.30. The molecule has 0 fully saturated rings. The number of carbonyl (C=O) groups is 2. The van der Waals surface area contributed by atoms with Crippen molar-refractivity contribution < 1.29 is 37.3 Å². The molecule has 9 nitrogen and oxygen atoms in total. The van der Waals surface area contributed by atoms with Gasteiger partial charge in [0.05, 0.1) is 33.8 Å². The zero-order chi connectivity index (χ0) is 53.6. The van der Waals surface area contributed by atoms with E-state index in [0.29, 0.717) is 23.9 Å². The molecule has 1 N–H and O–H groups in total. The molecule has 10 heteroatoms. The molecule has 0 saturated heterocycles. The molecule has 0 aromatic carbocycles. The van der Waals surface area contributed by atoms with Gasteiger partial charge in [-0.1, -0.05) is 242 Å². The molecule has 1 amide bonds. The van der Waals surface area contributed by atoms with Crippen LogP contribution in [0.2, 0.25) is 0 Å². The summed E-state index contributed by atoms with van der Waals surface area (Å²) >= 11 is 0. The molecule has 0 aliphatic rings. The van der Waals surface area contributed by atoms with Gasteiger partial charge >= 0.3 is 5.97 Å². The highest BCUT2D eigenvalue weighted by Crippen LogP contribution is 2.38. The van der Waals surface area contributed by atoms with Gasteiger partial charge in [-0.25, -0.2) is 0 Å². The van der Waals surface area contributed by atoms with Crippen LogP contribution in [0.25, 0.3) is 0 Å². The number of nitrogens with one attached hydrogen (secondary N) is 1. The highest BCUT2D eigenvalue weighted by molar-refractivity contribution is 7.45. The second-order valence-electron chi connectivity index (χ2n) is 21.8. The standard InChI is InChI=1S/C63H117N2O7P/c1-7-10-13-16-19-22-25-28-29-30-31-32-33-34-35-38-40-43-46-49-52-55-62(66)64-60(59-71-73(68,69)70-58-57-65(4,5)6)61(54-51-48-45-42-39-36-26-23-20-17-14-11-8-2)72-63(67)56-53-50-47-44-41-37-27-24-21-18-15-12-9-3/h19,22,28-29,37,41,47,50-51,54,60-61H,7-18,20-21,23-27,30-36,38-40,42-46,48-49,52-53,55-59H2,1-6H3,(H-,64,66,68,69)/b22-19-,29-28-,41-37-,50-47+,54-51-. The van der Waals surface area contributed by atoms with Gasteiger partial charge in [-0.2, -0.15) is 0 Å². The molecule has 0 aliphatic carbocycles. The number of quaternary nitrogens is 1. The topological polar surface area (TPSA) is 114 Å². The zero-order valence-corrected chi connectivity index (χ0v) is 49.5. The number of rotatable bonds is 55. The van der Waals surface area contributed by atoms with Gasteiger partial charge in [0.2, 0.25) is 5.91 Å². The van der Waals surface area contributed by atoms with Crippen LogP contribution in [0.1, 0.15) is 278 Å². The quantitative estimate of drug-likeness (QED) is 0.0212. The minimum absolute atomic E-state index is 0.0308. The monoisotopic (exact) mass is 1040 g/mol. The highest BCUT2D eigenvalue weighted by Gasteiger charge is 2.27. The molecule has 0 bridgehead atoms. The molecule has 0 aliphatic heterocycles. The van der Waals surface area contributed by atoms with E-state index in [2.05, 4.69) is 68.6 Å². The number of likely N-dealkylation sites (N-methyl/N-ethyl adjacent to an activating group) is 1. The van der Waals surface area contributed by atoms with Gasteiger partial charge in [0, 0.05) is 12.8 Å². The Morgan fingerprint density at radius 2 is 0.849 bits per heavy atom. The van der Waals surface area contributed by atoms with Crippen LogP contribution in [0.4, 0.5) is 0 Å². The van der Waals surface area contributed by atoms with E-state index < -0.39 is 32.5 Å². The summed E-state index contributed by atoms with van der Waals surface area (Å²) < 4.78 is 30.2. The number of carbonyl (C=O) groups excluding carboxylic acids is 2. The van der Waals surface area contributed by atoms with Crippen LogP contribution in [0.3, 0.4) is 0 Å². The largest absolute Gasteiger partial charge is 0.756 e. The Morgan fingerprint density at radius 3 is 1.29 bits per heavy atom. The predicted molar refractivity (Wildman–Crippen MR) is 312 cm³/mol. The third kappa shape index (κ3) is 54.3. The number of unbranched alkanes of at least 4 members (excludes halogenated alkanes) is 31. The van der Waals surface area contributed by atoms with E-state index in [-0.39, 0.29) is 18.9 Å². The molecular formula is C63H117N2O7P. The Morgan fingerprint density at radius 1 is 0.479 bits per heavy atom. The van der Waals surface area contributed by atoms with E-state index in [1.165, 1.54) is 173 Å². The van der Waals surface area contributed by atoms with Crippen LogP contribution < -0.4 is 10.2 Å². The van der Waals surface area contributed by atoms with Gasteiger partial charge in [-0.15, -0.1) is 0 Å². The molecule has 0 aromatic heterocycles. The average Bonchev–Trinajstić information content (AvgIpc) is 3.35. The molecule has 0 heterocycles. The van der Waals surface area contributed by atoms with E-state index in [9.17, 15) is 19.0 Å². The first kappa shape index (κ1) is 70.7. The number of allylic oxidation sites excluding steroid dienone is 9. The van der Waals surface area contributed by atoms with Gasteiger partial charge in [0.15, 0.2) is 0 Å². The van der Waals surface area contributed by atoms with Crippen LogP contribution >= 0.6 is 7.82 Å². The zero-order valence-electron chi connectivity index (χ0n) is 48.6. The smallest absolute Gasteiger partial charge is 0.306 e. The number of amides is 1. The molecule has 0 saturated carbocycles. The Labute approximate surface area is 451 Å². The van der Waals surface area contributed by atoms with Gasteiger partial charge in [-0.05, 0) is 83.1 Å². The van der Waals surface area contributed by atoms with Crippen LogP contribution in [-0.4, -0.2) is 69.4 Å². The minimum atomic E-state index is -4.71. The average molecular weight is 1050 g/mol. The maximum absolute atomic E-state index is 13.5. The maximum atomic E-state index is 13.5. The molecular weight excluding hydrogens is 928 g/mol. The van der Waals surface area contributed by atoms with Crippen molar-refractivity contribution in [2.24, 2.45) is 0 Å². The van der Waals surface area contributed by atoms with Crippen LogP contribution in [0, 0.1) is 0 Å². The second-order valence-corrected chi connectivity index (χ2v) is 23.3. The van der Waals surface area contributed by atoms with E-state index in [4.69, 9.17) is 13.8 Å². The first-order valence-corrected chi connectivity index (χ1v) is 32.1. The normalized spacial score (nSPS) is 14.1. The van der Waals surface area contributed by atoms with E-state index in [1.54, 1.807) is 0 Å². The summed E-state index contributed by atoms with van der Waals surface area (Å²) in [6, 6.07) is -0.912. The summed E-state index contributed by atoms with van der Waals surface area (Å²) in [6.45, 7) is 6.78. The highest BCUT2D eigenvalue weighted by atomic mass is 31.2. The molecule has 73 heavy (non-hydrogen) atoms. The van der Waals surface area contributed by atoms with Crippen molar-refractivity contribution in [3.8, 4) is 0 Å². The first-order valence-electron chi connectivity index (χ1n) is 30.6. The van der Waals surface area contributed by atoms with Crippen molar-refractivity contribution in [2.45, 2.75) is 290 Å². The number of hydrogen-bond donors (Lipinski definition) is 1. The third-order valence-electron chi connectivity index (χ3n) is 13.4. The van der Waals surface area contributed by atoms with Crippen LogP contribution in [0.15, 0.2) is 60.8 Å². The minimum Gasteiger partial charge on any atom is -0.756 e. The fourth-order valence-corrected chi connectivity index (χ4v) is 9.39. The fourth-order valence-electron chi connectivity index (χ4n) is 8.66. The van der Waals surface area contributed by atoms with Gasteiger partial charge in [-0.3, -0.25) is 14.2 Å². The summed E-state index contributed by atoms with van der Waals surface area (Å²) in [5.41, 5.74) is 0. The van der Waals surface area contributed by atoms with E-state index in [1.807, 2.05) is 39.4 Å². The number of esters is 1. The number of phosphoric acid groups is 1. The molecule has 0 spiro atoms. The van der Waals surface area contributed by atoms with Crippen molar-refractivity contribution in [2.75, 3.05) is 40.9 Å². The lowest BCUT2D eigenvalue weighted by atomic mass is 10.0. The van der Waals surface area contributed by atoms with Gasteiger partial charge in [0.25, 0.3) is 7.82 Å². The molecule has 426 valence electrons. The van der Waals surface area contributed by atoms with Crippen molar-refractivity contribution in [1.82, 2.24) is 5.32 Å².